The summed E-state index contributed by atoms with van der Waals surface area (Å²) in [7, 11) is 0. The summed E-state index contributed by atoms with van der Waals surface area (Å²) < 4.78 is 10.9. The number of carbonyl (C=O) groups is 2. The molecular weight excluding hydrogens is 346 g/mol. The van der Waals surface area contributed by atoms with Gasteiger partial charge in [0.1, 0.15) is 5.75 Å². The molecule has 1 aliphatic carbocycles. The van der Waals surface area contributed by atoms with Gasteiger partial charge in [0.2, 0.25) is 0 Å². The van der Waals surface area contributed by atoms with Crippen LogP contribution in [0.15, 0.2) is 47.1 Å². The Labute approximate surface area is 158 Å². The van der Waals surface area contributed by atoms with Gasteiger partial charge < -0.3 is 25.1 Å². The molecule has 144 valence electrons. The molecule has 0 atom stereocenters. The number of ether oxygens (including phenoxy) is 1. The zero-order chi connectivity index (χ0) is 18.9. The Morgan fingerprint density at radius 3 is 2.44 bits per heavy atom. The molecule has 27 heavy (non-hydrogen) atoms. The molecule has 7 heteroatoms. The standard InChI is InChI=1S/C20H25N3O4/c24-19(18-6-3-13-26-18)21-11-12-22-20(25)23-14-15-7-9-17(10-8-15)27-16-4-1-2-5-16/h3,6-10,13,16H,1-2,4-5,11-12,14H2,(H,21,24)(H2,22,23,25). The van der Waals surface area contributed by atoms with E-state index in [1.54, 1.807) is 12.1 Å². The summed E-state index contributed by atoms with van der Waals surface area (Å²) in [6.45, 7) is 1.07. The van der Waals surface area contributed by atoms with E-state index in [4.69, 9.17) is 9.15 Å². The molecule has 2 aromatic rings. The fourth-order valence-corrected chi connectivity index (χ4v) is 2.98. The van der Waals surface area contributed by atoms with Crippen molar-refractivity contribution in [3.63, 3.8) is 0 Å². The van der Waals surface area contributed by atoms with Crippen molar-refractivity contribution in [3.8, 4) is 5.75 Å². The summed E-state index contributed by atoms with van der Waals surface area (Å²) in [5.41, 5.74) is 0.995. The summed E-state index contributed by atoms with van der Waals surface area (Å²) >= 11 is 0. The molecule has 1 aromatic heterocycles. The minimum atomic E-state index is -0.304. The van der Waals surface area contributed by atoms with Crippen LogP contribution in [0, 0.1) is 0 Å². The Kier molecular flexibility index (Phi) is 6.73. The smallest absolute Gasteiger partial charge is 0.315 e. The molecule has 1 aromatic carbocycles. The molecule has 3 N–H and O–H groups in total. The van der Waals surface area contributed by atoms with Crippen LogP contribution in [0.5, 0.6) is 5.75 Å². The first kappa shape index (κ1) is 18.8. The van der Waals surface area contributed by atoms with Gasteiger partial charge in [-0.3, -0.25) is 4.79 Å². The van der Waals surface area contributed by atoms with Gasteiger partial charge in [-0.2, -0.15) is 0 Å². The van der Waals surface area contributed by atoms with E-state index in [1.165, 1.54) is 19.1 Å². The third-order valence-corrected chi connectivity index (χ3v) is 4.42. The van der Waals surface area contributed by atoms with E-state index in [0.29, 0.717) is 25.7 Å². The van der Waals surface area contributed by atoms with Crippen LogP contribution in [0.25, 0.3) is 0 Å². The number of furan rings is 1. The second kappa shape index (κ2) is 9.66. The zero-order valence-electron chi connectivity index (χ0n) is 15.2. The van der Waals surface area contributed by atoms with E-state index in [-0.39, 0.29) is 17.7 Å². The highest BCUT2D eigenvalue weighted by Gasteiger charge is 2.16. The summed E-state index contributed by atoms with van der Waals surface area (Å²) in [6, 6.07) is 10.7. The van der Waals surface area contributed by atoms with Crippen molar-refractivity contribution in [3.05, 3.63) is 54.0 Å². The Bertz CT molecular complexity index is 722. The topological polar surface area (TPSA) is 92.6 Å². The third-order valence-electron chi connectivity index (χ3n) is 4.42. The lowest BCUT2D eigenvalue weighted by atomic mass is 10.2. The summed E-state index contributed by atoms with van der Waals surface area (Å²) in [5.74, 6) is 0.823. The predicted octanol–water partition coefficient (Wildman–Crippen LogP) is 2.83. The van der Waals surface area contributed by atoms with Gasteiger partial charge in [0.25, 0.3) is 5.91 Å². The molecule has 0 spiro atoms. The number of rotatable bonds is 8. The molecule has 3 amide bonds. The first-order valence-corrected chi connectivity index (χ1v) is 9.30. The molecule has 7 nitrogen and oxygen atoms in total. The number of urea groups is 1. The van der Waals surface area contributed by atoms with Gasteiger partial charge in [-0.25, -0.2) is 4.79 Å². The number of hydrogen-bond acceptors (Lipinski definition) is 4. The molecule has 0 radical (unpaired) electrons. The maximum atomic E-state index is 11.8. The van der Waals surface area contributed by atoms with Gasteiger partial charge >= 0.3 is 6.03 Å². The van der Waals surface area contributed by atoms with Crippen molar-refractivity contribution in [1.29, 1.82) is 0 Å². The van der Waals surface area contributed by atoms with Gasteiger partial charge in [0, 0.05) is 19.6 Å². The van der Waals surface area contributed by atoms with Crippen LogP contribution in [0.1, 0.15) is 41.8 Å². The van der Waals surface area contributed by atoms with Crippen molar-refractivity contribution in [2.45, 2.75) is 38.3 Å². The lowest BCUT2D eigenvalue weighted by molar-refractivity contribution is 0.0926. The van der Waals surface area contributed by atoms with Crippen LogP contribution in [0.3, 0.4) is 0 Å². The number of carbonyl (C=O) groups excluding carboxylic acids is 2. The number of hydrogen-bond donors (Lipinski definition) is 3. The summed E-state index contributed by atoms with van der Waals surface area (Å²) in [6.07, 6.45) is 6.53. The lowest BCUT2D eigenvalue weighted by Gasteiger charge is -2.13. The molecule has 0 saturated heterocycles. The number of amides is 3. The van der Waals surface area contributed by atoms with Crippen LogP contribution >= 0.6 is 0 Å². The molecule has 1 saturated carbocycles. The van der Waals surface area contributed by atoms with Crippen LogP contribution in [-0.2, 0) is 6.54 Å². The van der Waals surface area contributed by atoms with Gasteiger partial charge in [0.15, 0.2) is 5.76 Å². The molecule has 1 aliphatic rings. The predicted molar refractivity (Wildman–Crippen MR) is 101 cm³/mol. The van der Waals surface area contributed by atoms with Gasteiger partial charge in [-0.15, -0.1) is 0 Å². The zero-order valence-corrected chi connectivity index (χ0v) is 15.2. The SMILES string of the molecule is O=C(NCCNC(=O)c1ccco1)NCc1ccc(OC2CCCC2)cc1. The highest BCUT2D eigenvalue weighted by Crippen LogP contribution is 2.24. The van der Waals surface area contributed by atoms with Crippen LogP contribution in [0.2, 0.25) is 0 Å². The molecule has 0 aliphatic heterocycles. The fourth-order valence-electron chi connectivity index (χ4n) is 2.98. The Morgan fingerprint density at radius 2 is 1.74 bits per heavy atom. The summed E-state index contributed by atoms with van der Waals surface area (Å²) in [4.78, 5) is 23.5. The second-order valence-electron chi connectivity index (χ2n) is 6.51. The van der Waals surface area contributed by atoms with E-state index in [2.05, 4.69) is 16.0 Å². The Morgan fingerprint density at radius 1 is 1.00 bits per heavy atom. The fraction of sp³-hybridized carbons (Fsp3) is 0.400. The van der Waals surface area contributed by atoms with Gasteiger partial charge in [0.05, 0.1) is 12.4 Å². The molecule has 0 bridgehead atoms. The van der Waals surface area contributed by atoms with Crippen LogP contribution in [-0.4, -0.2) is 31.1 Å². The molecular formula is C20H25N3O4. The number of nitrogens with one attached hydrogen (secondary N) is 3. The minimum absolute atomic E-state index is 0.250. The highest BCUT2D eigenvalue weighted by atomic mass is 16.5. The van der Waals surface area contributed by atoms with Crippen molar-refractivity contribution >= 4 is 11.9 Å². The quantitative estimate of drug-likeness (QED) is 0.622. The average molecular weight is 371 g/mol. The van der Waals surface area contributed by atoms with Gasteiger partial charge in [-0.1, -0.05) is 12.1 Å². The maximum Gasteiger partial charge on any atom is 0.315 e. The monoisotopic (exact) mass is 371 g/mol. The largest absolute Gasteiger partial charge is 0.490 e. The van der Waals surface area contributed by atoms with Crippen LogP contribution < -0.4 is 20.7 Å². The molecule has 1 fully saturated rings. The van der Waals surface area contributed by atoms with Crippen molar-refractivity contribution < 1.29 is 18.7 Å². The van der Waals surface area contributed by atoms with Crippen molar-refractivity contribution in [1.82, 2.24) is 16.0 Å². The second-order valence-corrected chi connectivity index (χ2v) is 6.51. The average Bonchev–Trinajstić information content (AvgIpc) is 3.38. The van der Waals surface area contributed by atoms with Crippen LogP contribution in [0.4, 0.5) is 4.79 Å². The number of benzene rings is 1. The minimum Gasteiger partial charge on any atom is -0.490 e. The highest BCUT2D eigenvalue weighted by molar-refractivity contribution is 5.91. The van der Waals surface area contributed by atoms with Gasteiger partial charge in [-0.05, 0) is 55.5 Å². The van der Waals surface area contributed by atoms with E-state index < -0.39 is 0 Å². The van der Waals surface area contributed by atoms with E-state index in [0.717, 1.165) is 24.2 Å². The summed E-state index contributed by atoms with van der Waals surface area (Å²) in [5, 5.41) is 8.14. The van der Waals surface area contributed by atoms with E-state index >= 15 is 0 Å². The Hall–Kier alpha value is -2.96. The first-order valence-electron chi connectivity index (χ1n) is 9.30. The molecule has 3 rings (SSSR count). The Balaban J connectivity index is 1.30. The van der Waals surface area contributed by atoms with Crippen molar-refractivity contribution in [2.75, 3.05) is 13.1 Å². The lowest BCUT2D eigenvalue weighted by Crippen LogP contribution is -2.39. The normalized spacial score (nSPS) is 13.9. The molecule has 1 heterocycles. The first-order chi connectivity index (χ1) is 13.2. The third kappa shape index (κ3) is 6.06. The van der Waals surface area contributed by atoms with Crippen molar-refractivity contribution in [2.24, 2.45) is 0 Å². The van der Waals surface area contributed by atoms with E-state index in [9.17, 15) is 9.59 Å². The molecule has 0 unspecified atom stereocenters. The van der Waals surface area contributed by atoms with E-state index in [1.807, 2.05) is 24.3 Å². The maximum absolute atomic E-state index is 11.8.